The van der Waals surface area contributed by atoms with Crippen molar-refractivity contribution in [2.75, 3.05) is 5.75 Å². The summed E-state index contributed by atoms with van der Waals surface area (Å²) < 4.78 is 24.3. The molecule has 0 radical (unpaired) electrons. The van der Waals surface area contributed by atoms with Crippen LogP contribution in [-0.2, 0) is 14.6 Å². The number of nitrogens with zero attached hydrogens (tertiary/aromatic N) is 1. The number of carbonyl (C=O) groups is 1. The number of benzene rings is 1. The van der Waals surface area contributed by atoms with Gasteiger partial charge in [0.2, 0.25) is 5.91 Å². The Labute approximate surface area is 134 Å². The van der Waals surface area contributed by atoms with Gasteiger partial charge in [0.15, 0.2) is 9.84 Å². The standard InChI is InChI=1S/C15H15ClN2O3S/c1-11(14-4-2-3-9-17-14)18-15(19)10-22(20,21)13-7-5-12(16)6-8-13/h2-9,11H,10H2,1H3,(H,18,19). The summed E-state index contributed by atoms with van der Waals surface area (Å²) in [5.41, 5.74) is 0.666. The number of amides is 1. The van der Waals surface area contributed by atoms with Crippen molar-refractivity contribution in [2.24, 2.45) is 0 Å². The van der Waals surface area contributed by atoms with E-state index >= 15 is 0 Å². The molecule has 0 aliphatic heterocycles. The molecule has 0 aliphatic rings. The van der Waals surface area contributed by atoms with Crippen LogP contribution in [-0.4, -0.2) is 25.1 Å². The Balaban J connectivity index is 2.03. The largest absolute Gasteiger partial charge is 0.347 e. The number of rotatable bonds is 5. The number of hydrogen-bond donors (Lipinski definition) is 1. The zero-order chi connectivity index (χ0) is 16.2. The summed E-state index contributed by atoms with van der Waals surface area (Å²) in [4.78, 5) is 16.1. The highest BCUT2D eigenvalue weighted by molar-refractivity contribution is 7.92. The third-order valence-electron chi connectivity index (χ3n) is 3.00. The normalized spacial score (nSPS) is 12.6. The third kappa shape index (κ3) is 4.29. The maximum absolute atomic E-state index is 12.2. The summed E-state index contributed by atoms with van der Waals surface area (Å²) in [6.07, 6.45) is 1.61. The first-order valence-electron chi connectivity index (χ1n) is 6.57. The summed E-state index contributed by atoms with van der Waals surface area (Å²) in [7, 11) is -3.70. The van der Waals surface area contributed by atoms with Gasteiger partial charge in [0.25, 0.3) is 0 Å². The number of sulfone groups is 1. The lowest BCUT2D eigenvalue weighted by atomic mass is 10.2. The molecule has 1 amide bonds. The van der Waals surface area contributed by atoms with Crippen LogP contribution in [0.5, 0.6) is 0 Å². The van der Waals surface area contributed by atoms with E-state index in [1.54, 1.807) is 31.3 Å². The van der Waals surface area contributed by atoms with Gasteiger partial charge in [0, 0.05) is 11.2 Å². The first-order chi connectivity index (χ1) is 10.4. The van der Waals surface area contributed by atoms with Crippen molar-refractivity contribution in [1.29, 1.82) is 0 Å². The van der Waals surface area contributed by atoms with E-state index in [4.69, 9.17) is 11.6 Å². The van der Waals surface area contributed by atoms with Crippen molar-refractivity contribution in [2.45, 2.75) is 17.9 Å². The quantitative estimate of drug-likeness (QED) is 0.908. The Morgan fingerprint density at radius 2 is 1.91 bits per heavy atom. The lowest BCUT2D eigenvalue weighted by Crippen LogP contribution is -2.32. The van der Waals surface area contributed by atoms with E-state index in [0.717, 1.165) is 0 Å². The number of nitrogens with one attached hydrogen (secondary N) is 1. The van der Waals surface area contributed by atoms with E-state index in [0.29, 0.717) is 10.7 Å². The third-order valence-corrected chi connectivity index (χ3v) is 4.89. The van der Waals surface area contributed by atoms with Crippen LogP contribution >= 0.6 is 11.6 Å². The molecule has 1 heterocycles. The van der Waals surface area contributed by atoms with Gasteiger partial charge in [-0.3, -0.25) is 9.78 Å². The minimum absolute atomic E-state index is 0.0672. The van der Waals surface area contributed by atoms with E-state index in [9.17, 15) is 13.2 Å². The molecule has 0 aliphatic carbocycles. The molecule has 1 N–H and O–H groups in total. The number of carbonyl (C=O) groups excluding carboxylic acids is 1. The van der Waals surface area contributed by atoms with Crippen LogP contribution in [0.4, 0.5) is 0 Å². The Morgan fingerprint density at radius 3 is 2.50 bits per heavy atom. The molecule has 7 heteroatoms. The molecular weight excluding hydrogens is 324 g/mol. The Kier molecular flexibility index (Phi) is 5.15. The highest BCUT2D eigenvalue weighted by Gasteiger charge is 2.21. The SMILES string of the molecule is CC(NC(=O)CS(=O)(=O)c1ccc(Cl)cc1)c1ccccn1. The highest BCUT2D eigenvalue weighted by Crippen LogP contribution is 2.16. The number of hydrogen-bond acceptors (Lipinski definition) is 4. The van der Waals surface area contributed by atoms with Crippen molar-refractivity contribution in [3.05, 3.63) is 59.4 Å². The van der Waals surface area contributed by atoms with Gasteiger partial charge < -0.3 is 5.32 Å². The molecule has 0 saturated carbocycles. The molecule has 22 heavy (non-hydrogen) atoms. The van der Waals surface area contributed by atoms with E-state index in [1.165, 1.54) is 24.3 Å². The molecule has 1 aromatic heterocycles. The fourth-order valence-electron chi connectivity index (χ4n) is 1.89. The molecule has 0 fully saturated rings. The van der Waals surface area contributed by atoms with E-state index in [2.05, 4.69) is 10.3 Å². The summed E-state index contributed by atoms with van der Waals surface area (Å²) in [6, 6.07) is 10.7. The molecular formula is C15H15ClN2O3S. The summed E-state index contributed by atoms with van der Waals surface area (Å²) in [5.74, 6) is -1.20. The second kappa shape index (κ2) is 6.89. The van der Waals surface area contributed by atoms with Gasteiger partial charge in [0.1, 0.15) is 5.75 Å². The van der Waals surface area contributed by atoms with Crippen LogP contribution in [0, 0.1) is 0 Å². The molecule has 1 unspecified atom stereocenters. The van der Waals surface area contributed by atoms with Crippen LogP contribution in [0.1, 0.15) is 18.7 Å². The first-order valence-corrected chi connectivity index (χ1v) is 8.60. The van der Waals surface area contributed by atoms with Crippen molar-refractivity contribution >= 4 is 27.3 Å². The average Bonchev–Trinajstić information content (AvgIpc) is 2.48. The zero-order valence-electron chi connectivity index (χ0n) is 11.9. The smallest absolute Gasteiger partial charge is 0.236 e. The molecule has 1 aromatic carbocycles. The van der Waals surface area contributed by atoms with Gasteiger partial charge in [0.05, 0.1) is 16.6 Å². The summed E-state index contributed by atoms with van der Waals surface area (Å²) in [6.45, 7) is 1.75. The fourth-order valence-corrected chi connectivity index (χ4v) is 3.16. The second-order valence-corrected chi connectivity index (χ2v) is 7.18. The molecule has 0 spiro atoms. The van der Waals surface area contributed by atoms with Crippen LogP contribution in [0.3, 0.4) is 0 Å². The first kappa shape index (κ1) is 16.5. The molecule has 2 aromatic rings. The van der Waals surface area contributed by atoms with Crippen LogP contribution in [0.2, 0.25) is 5.02 Å². The van der Waals surface area contributed by atoms with Gasteiger partial charge in [-0.25, -0.2) is 8.42 Å². The van der Waals surface area contributed by atoms with Crippen molar-refractivity contribution in [3.63, 3.8) is 0 Å². The van der Waals surface area contributed by atoms with Crippen LogP contribution in [0.25, 0.3) is 0 Å². The zero-order valence-corrected chi connectivity index (χ0v) is 13.4. The molecule has 0 bridgehead atoms. The summed E-state index contributed by atoms with van der Waals surface area (Å²) in [5, 5.41) is 3.06. The fraction of sp³-hybridized carbons (Fsp3) is 0.200. The Hall–Kier alpha value is -1.92. The Morgan fingerprint density at radius 1 is 1.23 bits per heavy atom. The maximum atomic E-state index is 12.2. The topological polar surface area (TPSA) is 76.1 Å². The van der Waals surface area contributed by atoms with Crippen molar-refractivity contribution < 1.29 is 13.2 Å². The molecule has 1 atom stereocenters. The van der Waals surface area contributed by atoms with Crippen molar-refractivity contribution in [3.8, 4) is 0 Å². The second-order valence-electron chi connectivity index (χ2n) is 4.76. The maximum Gasteiger partial charge on any atom is 0.236 e. The molecule has 116 valence electrons. The highest BCUT2D eigenvalue weighted by atomic mass is 35.5. The van der Waals surface area contributed by atoms with Gasteiger partial charge in [-0.1, -0.05) is 17.7 Å². The van der Waals surface area contributed by atoms with Gasteiger partial charge in [-0.05, 0) is 43.3 Å². The van der Waals surface area contributed by atoms with Crippen LogP contribution < -0.4 is 5.32 Å². The minimum atomic E-state index is -3.70. The van der Waals surface area contributed by atoms with Gasteiger partial charge >= 0.3 is 0 Å². The van der Waals surface area contributed by atoms with E-state index in [1.807, 2.05) is 0 Å². The monoisotopic (exact) mass is 338 g/mol. The van der Waals surface area contributed by atoms with Gasteiger partial charge in [-0.2, -0.15) is 0 Å². The average molecular weight is 339 g/mol. The Bertz CT molecular complexity index is 746. The molecule has 2 rings (SSSR count). The predicted octanol–water partition coefficient (Wildman–Crippen LogP) is 2.39. The van der Waals surface area contributed by atoms with Gasteiger partial charge in [-0.15, -0.1) is 0 Å². The predicted molar refractivity (Wildman–Crippen MR) is 84.3 cm³/mol. The van der Waals surface area contributed by atoms with Crippen molar-refractivity contribution in [1.82, 2.24) is 10.3 Å². The van der Waals surface area contributed by atoms with E-state index < -0.39 is 21.5 Å². The number of halogens is 1. The molecule has 5 nitrogen and oxygen atoms in total. The molecule has 0 saturated heterocycles. The number of pyridine rings is 1. The lowest BCUT2D eigenvalue weighted by molar-refractivity contribution is -0.119. The summed E-state index contributed by atoms with van der Waals surface area (Å²) >= 11 is 5.72. The number of aromatic nitrogens is 1. The van der Waals surface area contributed by atoms with E-state index in [-0.39, 0.29) is 10.9 Å². The lowest BCUT2D eigenvalue weighted by Gasteiger charge is -2.13. The van der Waals surface area contributed by atoms with Crippen LogP contribution in [0.15, 0.2) is 53.6 Å². The minimum Gasteiger partial charge on any atom is -0.347 e.